The van der Waals surface area contributed by atoms with Crippen LogP contribution in [0.2, 0.25) is 0 Å². The molecule has 0 saturated carbocycles. The van der Waals surface area contributed by atoms with Crippen LogP contribution in [-0.2, 0) is 16.0 Å². The molecule has 40 heavy (non-hydrogen) atoms. The molecule has 0 spiro atoms. The highest BCUT2D eigenvalue weighted by Crippen LogP contribution is 2.18. The predicted molar refractivity (Wildman–Crippen MR) is 162 cm³/mol. The topological polar surface area (TPSA) is 125 Å². The number of benzene rings is 3. The summed E-state index contributed by atoms with van der Waals surface area (Å²) in [6, 6.07) is 19.5. The number of hydrogen-bond acceptors (Lipinski definition) is 5. The number of non-ortho nitro benzene ring substituents is 1. The number of amides is 2. The quantitative estimate of drug-likeness (QED) is 0.143. The maximum atomic E-state index is 13.6. The number of aryl methyl sites for hydroxylation is 2. The van der Waals surface area contributed by atoms with Gasteiger partial charge in [-0.3, -0.25) is 19.7 Å². The van der Waals surface area contributed by atoms with E-state index in [2.05, 4.69) is 21.3 Å². The first-order chi connectivity index (χ1) is 19.1. The summed E-state index contributed by atoms with van der Waals surface area (Å²) in [6.07, 6.45) is 0.968. The first-order valence-electron chi connectivity index (χ1n) is 13.1. The van der Waals surface area contributed by atoms with Crippen LogP contribution in [0.3, 0.4) is 0 Å². The molecular weight excluding hydrogens is 526 g/mol. The molecule has 0 fully saturated rings. The van der Waals surface area contributed by atoms with Gasteiger partial charge in [0.15, 0.2) is 5.11 Å². The summed E-state index contributed by atoms with van der Waals surface area (Å²) >= 11 is 5.44. The van der Waals surface area contributed by atoms with Gasteiger partial charge in [-0.05, 0) is 66.9 Å². The van der Waals surface area contributed by atoms with E-state index in [0.717, 1.165) is 16.7 Å². The smallest absolute Gasteiger partial charge is 0.271 e. The van der Waals surface area contributed by atoms with Gasteiger partial charge in [0.25, 0.3) is 5.69 Å². The summed E-state index contributed by atoms with van der Waals surface area (Å²) in [6.45, 7) is 7.84. The summed E-state index contributed by atoms with van der Waals surface area (Å²) in [4.78, 5) is 37.6. The molecule has 210 valence electrons. The van der Waals surface area contributed by atoms with E-state index >= 15 is 0 Å². The van der Waals surface area contributed by atoms with Gasteiger partial charge in [-0.2, -0.15) is 0 Å². The second-order valence-electron chi connectivity index (χ2n) is 9.81. The number of rotatable bonds is 11. The molecule has 10 heteroatoms. The third-order valence-corrected chi connectivity index (χ3v) is 7.01. The van der Waals surface area contributed by atoms with E-state index in [-0.39, 0.29) is 28.5 Å². The van der Waals surface area contributed by atoms with Gasteiger partial charge in [-0.1, -0.05) is 62.7 Å². The SMILES string of the molecule is CC[C@H](C)[C@H](NC(=S)Nc1cccc([N+](=O)[O-])c1)C(=O)N[C@H](Cc1ccccc1)C(=O)Nc1ccc(C)c(C)c1. The van der Waals surface area contributed by atoms with Crippen molar-refractivity contribution in [3.8, 4) is 0 Å². The fraction of sp³-hybridized carbons (Fsp3) is 0.300. The Hall–Kier alpha value is -4.31. The van der Waals surface area contributed by atoms with E-state index in [4.69, 9.17) is 12.2 Å². The van der Waals surface area contributed by atoms with Gasteiger partial charge in [0.05, 0.1) is 4.92 Å². The second-order valence-corrected chi connectivity index (χ2v) is 10.2. The first-order valence-corrected chi connectivity index (χ1v) is 13.5. The molecule has 3 atom stereocenters. The van der Waals surface area contributed by atoms with E-state index in [9.17, 15) is 19.7 Å². The van der Waals surface area contributed by atoms with Gasteiger partial charge in [0.2, 0.25) is 11.8 Å². The Balaban J connectivity index is 1.78. The van der Waals surface area contributed by atoms with Crippen molar-refractivity contribution in [2.75, 3.05) is 10.6 Å². The number of carbonyl (C=O) groups is 2. The van der Waals surface area contributed by atoms with Crippen molar-refractivity contribution < 1.29 is 14.5 Å². The van der Waals surface area contributed by atoms with E-state index in [1.807, 2.05) is 76.2 Å². The van der Waals surface area contributed by atoms with Crippen LogP contribution in [0.15, 0.2) is 72.8 Å². The molecule has 0 saturated heterocycles. The standard InChI is InChI=1S/C30H35N5O4S/c1-5-19(2)27(34-30(40)32-23-12-9-13-25(18-23)35(38)39)29(37)33-26(17-22-10-7-6-8-11-22)28(36)31-24-15-14-20(3)21(4)16-24/h6-16,18-19,26-27H,5,17H2,1-4H3,(H,31,36)(H,33,37)(H2,32,34,40)/t19-,26+,27-/m0/s1. The monoisotopic (exact) mass is 561 g/mol. The van der Waals surface area contributed by atoms with Gasteiger partial charge in [0, 0.05) is 29.9 Å². The molecule has 2 amide bonds. The summed E-state index contributed by atoms with van der Waals surface area (Å²) in [5, 5.41) is 23.1. The van der Waals surface area contributed by atoms with Crippen molar-refractivity contribution in [1.82, 2.24) is 10.6 Å². The number of thiocarbonyl (C=S) groups is 1. The summed E-state index contributed by atoms with van der Waals surface area (Å²) in [5.74, 6) is -0.848. The number of nitro groups is 1. The van der Waals surface area contributed by atoms with Crippen LogP contribution >= 0.6 is 12.2 Å². The Morgan fingerprint density at radius 2 is 1.57 bits per heavy atom. The molecule has 0 bridgehead atoms. The maximum absolute atomic E-state index is 13.6. The number of nitrogens with one attached hydrogen (secondary N) is 4. The van der Waals surface area contributed by atoms with Crippen molar-refractivity contribution >= 4 is 46.2 Å². The molecule has 0 aromatic heterocycles. The number of carbonyl (C=O) groups excluding carboxylic acids is 2. The zero-order valence-corrected chi connectivity index (χ0v) is 23.9. The fourth-order valence-electron chi connectivity index (χ4n) is 4.08. The van der Waals surface area contributed by atoms with Crippen LogP contribution in [0.4, 0.5) is 17.1 Å². The van der Waals surface area contributed by atoms with Gasteiger partial charge in [-0.25, -0.2) is 0 Å². The zero-order valence-electron chi connectivity index (χ0n) is 23.1. The van der Waals surface area contributed by atoms with E-state index in [1.54, 1.807) is 12.1 Å². The molecule has 0 unspecified atom stereocenters. The third kappa shape index (κ3) is 8.60. The van der Waals surface area contributed by atoms with Crippen LogP contribution < -0.4 is 21.3 Å². The lowest BCUT2D eigenvalue weighted by Gasteiger charge is -2.27. The Kier molecular flexibility index (Phi) is 10.7. The molecule has 3 aromatic carbocycles. The number of nitro benzene ring substituents is 1. The zero-order chi connectivity index (χ0) is 29.2. The lowest BCUT2D eigenvalue weighted by atomic mass is 9.97. The van der Waals surface area contributed by atoms with Crippen LogP contribution in [-0.4, -0.2) is 33.9 Å². The highest BCUT2D eigenvalue weighted by molar-refractivity contribution is 7.80. The Morgan fingerprint density at radius 1 is 0.875 bits per heavy atom. The normalized spacial score (nSPS) is 12.9. The average molecular weight is 562 g/mol. The predicted octanol–water partition coefficient (Wildman–Crippen LogP) is 5.28. The van der Waals surface area contributed by atoms with Crippen molar-refractivity contribution in [3.05, 3.63) is 99.6 Å². The minimum absolute atomic E-state index is 0.0810. The van der Waals surface area contributed by atoms with Crippen molar-refractivity contribution in [2.45, 2.75) is 52.6 Å². The van der Waals surface area contributed by atoms with Crippen LogP contribution in [0, 0.1) is 29.9 Å². The van der Waals surface area contributed by atoms with E-state index in [1.165, 1.54) is 12.1 Å². The molecule has 4 N–H and O–H groups in total. The Bertz CT molecular complexity index is 1370. The van der Waals surface area contributed by atoms with Crippen LogP contribution in [0.1, 0.15) is 37.0 Å². The van der Waals surface area contributed by atoms with Gasteiger partial charge < -0.3 is 21.3 Å². The summed E-state index contributed by atoms with van der Waals surface area (Å²) < 4.78 is 0. The largest absolute Gasteiger partial charge is 0.350 e. The lowest BCUT2D eigenvalue weighted by Crippen LogP contribution is -2.56. The van der Waals surface area contributed by atoms with Crippen molar-refractivity contribution in [3.63, 3.8) is 0 Å². The second kappa shape index (κ2) is 14.2. The van der Waals surface area contributed by atoms with Crippen LogP contribution in [0.25, 0.3) is 0 Å². The Labute approximate surface area is 239 Å². The number of nitrogens with zero attached hydrogens (tertiary/aromatic N) is 1. The lowest BCUT2D eigenvalue weighted by molar-refractivity contribution is -0.384. The molecule has 0 aliphatic heterocycles. The van der Waals surface area contributed by atoms with Crippen molar-refractivity contribution in [1.29, 1.82) is 0 Å². The Morgan fingerprint density at radius 3 is 2.23 bits per heavy atom. The highest BCUT2D eigenvalue weighted by Gasteiger charge is 2.29. The maximum Gasteiger partial charge on any atom is 0.271 e. The molecule has 0 aliphatic rings. The molecule has 3 rings (SSSR count). The molecular formula is C30H35N5O4S. The minimum Gasteiger partial charge on any atom is -0.350 e. The summed E-state index contributed by atoms with van der Waals surface area (Å²) in [7, 11) is 0. The van der Waals surface area contributed by atoms with Crippen LogP contribution in [0.5, 0.6) is 0 Å². The van der Waals surface area contributed by atoms with E-state index < -0.39 is 17.0 Å². The van der Waals surface area contributed by atoms with E-state index in [0.29, 0.717) is 24.2 Å². The number of hydrogen-bond donors (Lipinski definition) is 4. The molecule has 0 radical (unpaired) electrons. The molecule has 9 nitrogen and oxygen atoms in total. The molecule has 0 aliphatic carbocycles. The first kappa shape index (κ1) is 30.2. The minimum atomic E-state index is -0.844. The molecule has 3 aromatic rings. The molecule has 0 heterocycles. The highest BCUT2D eigenvalue weighted by atomic mass is 32.1. The average Bonchev–Trinajstić information content (AvgIpc) is 2.93. The van der Waals surface area contributed by atoms with Gasteiger partial charge in [-0.15, -0.1) is 0 Å². The van der Waals surface area contributed by atoms with Crippen molar-refractivity contribution in [2.24, 2.45) is 5.92 Å². The van der Waals surface area contributed by atoms with Gasteiger partial charge >= 0.3 is 0 Å². The fourth-order valence-corrected chi connectivity index (χ4v) is 4.32. The summed E-state index contributed by atoms with van der Waals surface area (Å²) in [5.41, 5.74) is 4.06. The third-order valence-electron chi connectivity index (χ3n) is 6.79. The number of anilines is 2. The van der Waals surface area contributed by atoms with Gasteiger partial charge in [0.1, 0.15) is 12.1 Å².